The highest BCUT2D eigenvalue weighted by Crippen LogP contribution is 2.10. The quantitative estimate of drug-likeness (QED) is 0.804. The summed E-state index contributed by atoms with van der Waals surface area (Å²) >= 11 is 0. The molecule has 1 saturated heterocycles. The molecule has 0 amide bonds. The lowest BCUT2D eigenvalue weighted by Gasteiger charge is -2.14. The van der Waals surface area contributed by atoms with E-state index >= 15 is 0 Å². The maximum absolute atomic E-state index is 12.7. The number of nitrogens with two attached hydrogens (primary N) is 1. The van der Waals surface area contributed by atoms with Crippen LogP contribution in [0.4, 0.5) is 4.39 Å². The summed E-state index contributed by atoms with van der Waals surface area (Å²) in [5.74, 6) is -0.252. The summed E-state index contributed by atoms with van der Waals surface area (Å²) < 4.78 is 12.7. The molecule has 0 bridgehead atoms. The second-order valence-corrected chi connectivity index (χ2v) is 4.53. The third-order valence-corrected chi connectivity index (χ3v) is 3.13. The summed E-state index contributed by atoms with van der Waals surface area (Å²) in [6.07, 6.45) is 1.48. The zero-order valence-corrected chi connectivity index (χ0v) is 9.73. The van der Waals surface area contributed by atoms with Gasteiger partial charge in [0.2, 0.25) is 0 Å². The van der Waals surface area contributed by atoms with E-state index in [1.165, 1.54) is 24.3 Å². The summed E-state index contributed by atoms with van der Waals surface area (Å²) in [6, 6.07) is 5.95. The van der Waals surface area contributed by atoms with Crippen molar-refractivity contribution in [3.05, 3.63) is 35.6 Å². The SMILES string of the molecule is NC1CCN(CCC(=O)c2ccc(F)cc2)C1. The maximum atomic E-state index is 12.7. The molecular weight excluding hydrogens is 219 g/mol. The molecule has 2 N–H and O–H groups in total. The van der Waals surface area contributed by atoms with Crippen molar-refractivity contribution < 1.29 is 9.18 Å². The first-order chi connectivity index (χ1) is 8.15. The van der Waals surface area contributed by atoms with Gasteiger partial charge in [0.15, 0.2) is 5.78 Å². The fourth-order valence-electron chi connectivity index (χ4n) is 2.11. The second kappa shape index (κ2) is 5.38. The Labute approximate surface area is 100 Å². The monoisotopic (exact) mass is 236 g/mol. The molecule has 1 atom stereocenters. The highest BCUT2D eigenvalue weighted by Gasteiger charge is 2.19. The van der Waals surface area contributed by atoms with Gasteiger partial charge in [-0.3, -0.25) is 4.79 Å². The number of rotatable bonds is 4. The summed E-state index contributed by atoms with van der Waals surface area (Å²) in [5, 5.41) is 0. The molecule has 0 aromatic heterocycles. The van der Waals surface area contributed by atoms with Crippen LogP contribution < -0.4 is 5.73 Å². The van der Waals surface area contributed by atoms with E-state index in [-0.39, 0.29) is 17.6 Å². The van der Waals surface area contributed by atoms with Gasteiger partial charge in [-0.25, -0.2) is 4.39 Å². The largest absolute Gasteiger partial charge is 0.326 e. The van der Waals surface area contributed by atoms with Crippen molar-refractivity contribution in [1.82, 2.24) is 4.90 Å². The van der Waals surface area contributed by atoms with E-state index < -0.39 is 0 Å². The van der Waals surface area contributed by atoms with Gasteiger partial charge in [-0.05, 0) is 37.2 Å². The van der Waals surface area contributed by atoms with E-state index in [1.807, 2.05) is 0 Å². The van der Waals surface area contributed by atoms with Crippen LogP contribution in [-0.4, -0.2) is 36.4 Å². The van der Waals surface area contributed by atoms with Crippen LogP contribution in [0.1, 0.15) is 23.2 Å². The lowest BCUT2D eigenvalue weighted by Crippen LogP contribution is -2.28. The number of nitrogens with zero attached hydrogens (tertiary/aromatic N) is 1. The van der Waals surface area contributed by atoms with Crippen LogP contribution >= 0.6 is 0 Å². The molecule has 1 unspecified atom stereocenters. The highest BCUT2D eigenvalue weighted by molar-refractivity contribution is 5.96. The molecule has 0 spiro atoms. The molecule has 3 nitrogen and oxygen atoms in total. The zero-order chi connectivity index (χ0) is 12.3. The number of carbonyl (C=O) groups is 1. The number of Topliss-reactive ketones (excluding diaryl/α,β-unsaturated/α-hetero) is 1. The second-order valence-electron chi connectivity index (χ2n) is 4.53. The average Bonchev–Trinajstić information content (AvgIpc) is 2.73. The molecule has 2 rings (SSSR count). The van der Waals surface area contributed by atoms with E-state index in [0.717, 1.165) is 26.1 Å². The average molecular weight is 236 g/mol. The van der Waals surface area contributed by atoms with Crippen LogP contribution in [0.3, 0.4) is 0 Å². The molecule has 1 aliphatic heterocycles. The molecule has 1 heterocycles. The number of hydrogen-bond acceptors (Lipinski definition) is 3. The first-order valence-electron chi connectivity index (χ1n) is 5.92. The van der Waals surface area contributed by atoms with Crippen LogP contribution in [0, 0.1) is 5.82 Å². The predicted octanol–water partition coefficient (Wildman–Crippen LogP) is 1.43. The lowest BCUT2D eigenvalue weighted by atomic mass is 10.1. The molecule has 0 radical (unpaired) electrons. The summed E-state index contributed by atoms with van der Waals surface area (Å²) in [7, 11) is 0. The minimum Gasteiger partial charge on any atom is -0.326 e. The smallest absolute Gasteiger partial charge is 0.164 e. The molecule has 0 aliphatic carbocycles. The van der Waals surface area contributed by atoms with Crippen molar-refractivity contribution in [3.63, 3.8) is 0 Å². The molecular formula is C13H17FN2O. The first-order valence-corrected chi connectivity index (χ1v) is 5.92. The minimum atomic E-state index is -0.313. The number of ketones is 1. The van der Waals surface area contributed by atoms with Crippen molar-refractivity contribution in [2.24, 2.45) is 5.73 Å². The van der Waals surface area contributed by atoms with Crippen LogP contribution in [0.15, 0.2) is 24.3 Å². The van der Waals surface area contributed by atoms with E-state index in [9.17, 15) is 9.18 Å². The number of likely N-dealkylation sites (tertiary alicyclic amines) is 1. The lowest BCUT2D eigenvalue weighted by molar-refractivity contribution is 0.0968. The fraction of sp³-hybridized carbons (Fsp3) is 0.462. The number of carbonyl (C=O) groups excluding carboxylic acids is 1. The zero-order valence-electron chi connectivity index (χ0n) is 9.73. The first kappa shape index (κ1) is 12.2. The predicted molar refractivity (Wildman–Crippen MR) is 64.4 cm³/mol. The summed E-state index contributed by atoms with van der Waals surface area (Å²) in [5.41, 5.74) is 6.37. The minimum absolute atomic E-state index is 0.0606. The molecule has 1 aromatic carbocycles. The van der Waals surface area contributed by atoms with Gasteiger partial charge in [0.1, 0.15) is 5.82 Å². The van der Waals surface area contributed by atoms with Gasteiger partial charge >= 0.3 is 0 Å². The van der Waals surface area contributed by atoms with Gasteiger partial charge in [0.05, 0.1) is 0 Å². The molecule has 1 fully saturated rings. The third kappa shape index (κ3) is 3.35. The molecule has 1 aromatic rings. The fourth-order valence-corrected chi connectivity index (χ4v) is 2.11. The Morgan fingerprint density at radius 2 is 2.12 bits per heavy atom. The van der Waals surface area contributed by atoms with Crippen molar-refractivity contribution in [3.8, 4) is 0 Å². The Kier molecular flexibility index (Phi) is 3.86. The summed E-state index contributed by atoms with van der Waals surface area (Å²) in [6.45, 7) is 2.58. The van der Waals surface area contributed by atoms with Gasteiger partial charge < -0.3 is 10.6 Å². The standard InChI is InChI=1S/C13H17FN2O/c14-11-3-1-10(2-4-11)13(17)6-8-16-7-5-12(15)9-16/h1-4,12H,5-9,15H2. The Morgan fingerprint density at radius 3 is 2.71 bits per heavy atom. The van der Waals surface area contributed by atoms with Crippen molar-refractivity contribution in [2.45, 2.75) is 18.9 Å². The van der Waals surface area contributed by atoms with Gasteiger partial charge in [0, 0.05) is 31.1 Å². The Balaban J connectivity index is 1.83. The van der Waals surface area contributed by atoms with Gasteiger partial charge in [-0.2, -0.15) is 0 Å². The van der Waals surface area contributed by atoms with Crippen molar-refractivity contribution in [1.29, 1.82) is 0 Å². The summed E-state index contributed by atoms with van der Waals surface area (Å²) in [4.78, 5) is 14.0. The van der Waals surface area contributed by atoms with Gasteiger partial charge in [-0.15, -0.1) is 0 Å². The number of hydrogen-bond donors (Lipinski definition) is 1. The topological polar surface area (TPSA) is 46.3 Å². The molecule has 92 valence electrons. The van der Waals surface area contributed by atoms with E-state index in [2.05, 4.69) is 4.90 Å². The number of halogens is 1. The van der Waals surface area contributed by atoms with Crippen LogP contribution in [0.2, 0.25) is 0 Å². The maximum Gasteiger partial charge on any atom is 0.164 e. The van der Waals surface area contributed by atoms with Crippen molar-refractivity contribution >= 4 is 5.78 Å². The van der Waals surface area contributed by atoms with Crippen molar-refractivity contribution in [2.75, 3.05) is 19.6 Å². The molecule has 0 saturated carbocycles. The molecule has 17 heavy (non-hydrogen) atoms. The Bertz CT molecular complexity index is 391. The van der Waals surface area contributed by atoms with Gasteiger partial charge in [0.25, 0.3) is 0 Å². The van der Waals surface area contributed by atoms with E-state index in [0.29, 0.717) is 12.0 Å². The van der Waals surface area contributed by atoms with Crippen LogP contribution in [0.25, 0.3) is 0 Å². The third-order valence-electron chi connectivity index (χ3n) is 3.13. The van der Waals surface area contributed by atoms with Gasteiger partial charge in [-0.1, -0.05) is 0 Å². The van der Waals surface area contributed by atoms with Crippen LogP contribution in [0.5, 0.6) is 0 Å². The Morgan fingerprint density at radius 1 is 1.41 bits per heavy atom. The number of benzene rings is 1. The van der Waals surface area contributed by atoms with E-state index in [1.54, 1.807) is 0 Å². The normalized spacial score (nSPS) is 20.7. The van der Waals surface area contributed by atoms with E-state index in [4.69, 9.17) is 5.73 Å². The molecule has 4 heteroatoms. The Hall–Kier alpha value is -1.26. The highest BCUT2D eigenvalue weighted by atomic mass is 19.1. The molecule has 1 aliphatic rings. The van der Waals surface area contributed by atoms with Crippen LogP contribution in [-0.2, 0) is 0 Å².